The summed E-state index contributed by atoms with van der Waals surface area (Å²) in [4.78, 5) is 13.5. The molecule has 1 amide bonds. The molecule has 2 unspecified atom stereocenters. The Labute approximate surface area is 208 Å². The van der Waals surface area contributed by atoms with Crippen LogP contribution < -0.4 is 0 Å². The summed E-state index contributed by atoms with van der Waals surface area (Å²) in [6.07, 6.45) is -5.27. The van der Waals surface area contributed by atoms with Gasteiger partial charge in [0.15, 0.2) is 5.67 Å². The second-order valence-electron chi connectivity index (χ2n) is 8.98. The van der Waals surface area contributed by atoms with Crippen LogP contribution in [0.5, 0.6) is 0 Å². The molecule has 2 atom stereocenters. The van der Waals surface area contributed by atoms with Crippen molar-refractivity contribution in [1.29, 1.82) is 0 Å². The molecule has 0 bridgehead atoms. The van der Waals surface area contributed by atoms with Gasteiger partial charge < -0.3 is 4.90 Å². The van der Waals surface area contributed by atoms with Crippen molar-refractivity contribution >= 4 is 40.7 Å². The Hall–Kier alpha value is -1.90. The van der Waals surface area contributed by atoms with E-state index >= 15 is 4.39 Å². The summed E-state index contributed by atoms with van der Waals surface area (Å²) < 4.78 is 57.9. The maximum atomic E-state index is 15.2. The van der Waals surface area contributed by atoms with Gasteiger partial charge in [0.2, 0.25) is 11.4 Å². The summed E-state index contributed by atoms with van der Waals surface area (Å²) >= 11 is 17.8. The topological polar surface area (TPSA) is 45.0 Å². The monoisotopic (exact) mass is 535 g/mol. The summed E-state index contributed by atoms with van der Waals surface area (Å²) in [5.74, 6) is -0.346. The van der Waals surface area contributed by atoms with Crippen LogP contribution in [-0.2, 0) is 16.0 Å². The third-order valence-corrected chi connectivity index (χ3v) is 7.49. The molecule has 2 aliphatic heterocycles. The fraction of sp³-hybridized carbons (Fsp3) is 0.435. The average Bonchev–Trinajstić information content (AvgIpc) is 3.21. The number of carbonyl (C=O) groups excluding carboxylic acids is 1. The van der Waals surface area contributed by atoms with E-state index in [-0.39, 0.29) is 45.5 Å². The molecule has 2 aromatic rings. The fourth-order valence-corrected chi connectivity index (χ4v) is 4.88. The number of hydrogen-bond donors (Lipinski definition) is 0. The van der Waals surface area contributed by atoms with Gasteiger partial charge >= 0.3 is 6.18 Å². The van der Waals surface area contributed by atoms with Gasteiger partial charge in [-0.15, -0.1) is 0 Å². The smallest absolute Gasteiger partial charge is 0.335 e. The van der Waals surface area contributed by atoms with Gasteiger partial charge in [-0.05, 0) is 28.8 Å². The number of nitrogens with zero attached hydrogens (tertiary/aromatic N) is 3. The van der Waals surface area contributed by atoms with Crippen LogP contribution in [0.1, 0.15) is 43.0 Å². The fourth-order valence-electron chi connectivity index (χ4n) is 4.29. The molecule has 0 saturated carbocycles. The van der Waals surface area contributed by atoms with E-state index in [4.69, 9.17) is 34.8 Å². The summed E-state index contributed by atoms with van der Waals surface area (Å²) in [6, 6.07) is 7.42. The maximum absolute atomic E-state index is 15.2. The zero-order valence-electron chi connectivity index (χ0n) is 18.1. The molecule has 2 aliphatic rings. The second kappa shape index (κ2) is 8.64. The number of benzene rings is 2. The van der Waals surface area contributed by atoms with Gasteiger partial charge in [-0.2, -0.15) is 23.4 Å². The normalized spacial score (nSPS) is 23.9. The summed E-state index contributed by atoms with van der Waals surface area (Å²) in [5, 5.41) is 7.27. The van der Waals surface area contributed by atoms with E-state index in [0.717, 1.165) is 12.1 Å². The molecule has 0 aliphatic carbocycles. The van der Waals surface area contributed by atoms with Crippen LogP contribution in [0.3, 0.4) is 0 Å². The first-order valence-electron chi connectivity index (χ1n) is 10.5. The largest absolute Gasteiger partial charge is 0.419 e. The quantitative estimate of drug-likeness (QED) is 0.292. The van der Waals surface area contributed by atoms with Crippen LogP contribution in [0.15, 0.2) is 46.6 Å². The van der Waals surface area contributed by atoms with Crippen molar-refractivity contribution in [3.8, 4) is 0 Å². The molecule has 2 aromatic carbocycles. The first-order chi connectivity index (χ1) is 15.8. The minimum Gasteiger partial charge on any atom is -0.335 e. The molecule has 0 N–H and O–H groups in total. The Kier molecular flexibility index (Phi) is 6.41. The van der Waals surface area contributed by atoms with E-state index in [1.807, 2.05) is 0 Å². The Balaban J connectivity index is 1.56. The zero-order valence-corrected chi connectivity index (χ0v) is 20.4. The van der Waals surface area contributed by atoms with E-state index in [1.165, 1.54) is 17.0 Å². The van der Waals surface area contributed by atoms with E-state index in [0.29, 0.717) is 11.1 Å². The van der Waals surface area contributed by atoms with Crippen LogP contribution in [0.4, 0.5) is 17.6 Å². The van der Waals surface area contributed by atoms with Gasteiger partial charge in [0.05, 0.1) is 34.2 Å². The summed E-state index contributed by atoms with van der Waals surface area (Å²) in [6.45, 7) is 3.39. The zero-order chi connectivity index (χ0) is 25.1. The molecule has 4 rings (SSSR count). The maximum Gasteiger partial charge on any atom is 0.419 e. The van der Waals surface area contributed by atoms with E-state index < -0.39 is 29.8 Å². The van der Waals surface area contributed by atoms with Crippen LogP contribution in [0, 0.1) is 5.92 Å². The van der Waals surface area contributed by atoms with Gasteiger partial charge in [-0.25, -0.2) is 4.39 Å². The number of hydrogen-bond acceptors (Lipinski definition) is 3. The van der Waals surface area contributed by atoms with Gasteiger partial charge in [-0.3, -0.25) is 4.79 Å². The predicted octanol–water partition coefficient (Wildman–Crippen LogP) is 7.66. The first kappa shape index (κ1) is 25.2. The Morgan fingerprint density at radius 1 is 1.06 bits per heavy atom. The lowest BCUT2D eigenvalue weighted by Gasteiger charge is -2.45. The lowest BCUT2D eigenvalue weighted by molar-refractivity contribution is -0.188. The molecule has 1 fully saturated rings. The van der Waals surface area contributed by atoms with E-state index in [9.17, 15) is 18.0 Å². The van der Waals surface area contributed by atoms with Gasteiger partial charge in [0.25, 0.3) is 0 Å². The molecule has 4 nitrogen and oxygen atoms in total. The molecule has 2 heterocycles. The molecule has 0 spiro atoms. The molecule has 0 aromatic heterocycles. The summed E-state index contributed by atoms with van der Waals surface area (Å²) in [5.41, 5.74) is -3.76. The van der Waals surface area contributed by atoms with Gasteiger partial charge in [0.1, 0.15) is 0 Å². The lowest BCUT2D eigenvalue weighted by Crippen LogP contribution is -2.59. The number of alkyl halides is 4. The van der Waals surface area contributed by atoms with Crippen LogP contribution in [0.2, 0.25) is 15.1 Å². The molecule has 0 radical (unpaired) electrons. The highest BCUT2D eigenvalue weighted by atomic mass is 35.5. The highest BCUT2D eigenvalue weighted by Gasteiger charge is 2.60. The number of carbonyl (C=O) groups is 1. The molecule has 34 heavy (non-hydrogen) atoms. The second-order valence-corrected chi connectivity index (χ2v) is 10.2. The van der Waals surface area contributed by atoms with Crippen molar-refractivity contribution in [2.75, 3.05) is 13.1 Å². The molecule has 1 saturated heterocycles. The Morgan fingerprint density at radius 2 is 1.62 bits per heavy atom. The Bertz CT molecular complexity index is 1120. The third kappa shape index (κ3) is 4.18. The van der Waals surface area contributed by atoms with Gasteiger partial charge in [0, 0.05) is 12.3 Å². The predicted molar refractivity (Wildman–Crippen MR) is 122 cm³/mol. The Morgan fingerprint density at radius 3 is 2.12 bits per heavy atom. The van der Waals surface area contributed by atoms with Crippen molar-refractivity contribution < 1.29 is 22.4 Å². The van der Waals surface area contributed by atoms with Crippen LogP contribution in [0.25, 0.3) is 0 Å². The van der Waals surface area contributed by atoms with Crippen LogP contribution in [-0.4, -0.2) is 30.1 Å². The van der Waals surface area contributed by atoms with Crippen LogP contribution >= 0.6 is 34.8 Å². The highest BCUT2D eigenvalue weighted by molar-refractivity contribution is 6.48. The van der Waals surface area contributed by atoms with Crippen molar-refractivity contribution in [2.45, 2.75) is 43.7 Å². The van der Waals surface area contributed by atoms with E-state index in [1.54, 1.807) is 26.0 Å². The standard InChI is InChI=1S/C23H20Cl3F4N3O/c1-12(2)20(34)33-10-21(27,11-33)14-5-3-13(4-6-14)18-9-22(32-31-18,23(28,29)30)15-7-16(24)19(26)17(25)8-15/h3-8,12,18H,9-11H2,1-2H3. The van der Waals surface area contributed by atoms with Gasteiger partial charge in [-0.1, -0.05) is 72.9 Å². The number of halogens is 7. The number of rotatable bonds is 4. The summed E-state index contributed by atoms with van der Waals surface area (Å²) in [7, 11) is 0. The number of amides is 1. The van der Waals surface area contributed by atoms with Crippen molar-refractivity contribution in [1.82, 2.24) is 4.90 Å². The number of azo groups is 1. The minimum atomic E-state index is -4.77. The SMILES string of the molecule is CC(C)C(=O)N1CC(F)(c2ccc(C3CC(c4cc(Cl)c(Cl)c(Cl)c4)(C(F)(F)F)N=N3)cc2)C1. The highest BCUT2D eigenvalue weighted by Crippen LogP contribution is 2.54. The van der Waals surface area contributed by atoms with Crippen molar-refractivity contribution in [3.05, 3.63) is 68.2 Å². The molecular weight excluding hydrogens is 517 g/mol. The van der Waals surface area contributed by atoms with E-state index in [2.05, 4.69) is 10.2 Å². The third-order valence-electron chi connectivity index (χ3n) is 6.29. The number of likely N-dealkylation sites (tertiary alicyclic amines) is 1. The molecule has 11 heteroatoms. The van der Waals surface area contributed by atoms with Crippen molar-refractivity contribution in [3.63, 3.8) is 0 Å². The first-order valence-corrected chi connectivity index (χ1v) is 11.6. The lowest BCUT2D eigenvalue weighted by atomic mass is 9.82. The molecule has 182 valence electrons. The minimum absolute atomic E-state index is 0.0451. The van der Waals surface area contributed by atoms with Crippen molar-refractivity contribution in [2.24, 2.45) is 16.1 Å². The molecular formula is C23H20Cl3F4N3O. The average molecular weight is 537 g/mol.